The van der Waals surface area contributed by atoms with Gasteiger partial charge in [0.25, 0.3) is 0 Å². The van der Waals surface area contributed by atoms with Crippen LogP contribution in [0.15, 0.2) is 85.1 Å². The molecule has 0 saturated carbocycles. The van der Waals surface area contributed by atoms with E-state index >= 15 is 0 Å². The maximum Gasteiger partial charge on any atom is 0.306 e. The highest BCUT2D eigenvalue weighted by molar-refractivity contribution is 5.70. The number of aliphatic hydroxyl groups is 7. The summed E-state index contributed by atoms with van der Waals surface area (Å²) in [7, 11) is 0. The summed E-state index contributed by atoms with van der Waals surface area (Å²) in [5.74, 6) is -1.04. The molecule has 2 fully saturated rings. The van der Waals surface area contributed by atoms with E-state index in [1.807, 2.05) is 12.2 Å². The number of allylic oxidation sites excluding steroid dienone is 14. The molecule has 2 rings (SSSR count). The van der Waals surface area contributed by atoms with Crippen molar-refractivity contribution in [2.24, 2.45) is 0 Å². The molecule has 4 unspecified atom stereocenters. The number of hydrogen-bond acceptors (Lipinski definition) is 15. The highest BCUT2D eigenvalue weighted by atomic mass is 16.7. The first kappa shape index (κ1) is 62.8. The zero-order valence-corrected chi connectivity index (χ0v) is 42.2. The van der Waals surface area contributed by atoms with Gasteiger partial charge in [0.05, 0.1) is 19.8 Å². The number of esters is 2. The second kappa shape index (κ2) is 41.2. The summed E-state index contributed by atoms with van der Waals surface area (Å²) in [4.78, 5) is 25.7. The third kappa shape index (κ3) is 28.7. The fraction of sp³-hybridized carbons (Fsp3) is 0.709. The fourth-order valence-electron chi connectivity index (χ4n) is 7.52. The summed E-state index contributed by atoms with van der Waals surface area (Å²) < 4.78 is 33.5. The van der Waals surface area contributed by atoms with Crippen molar-refractivity contribution < 1.29 is 73.8 Å². The Morgan fingerprint density at radius 2 is 0.886 bits per heavy atom. The smallest absolute Gasteiger partial charge is 0.306 e. The van der Waals surface area contributed by atoms with Crippen molar-refractivity contribution in [3.8, 4) is 0 Å². The lowest BCUT2D eigenvalue weighted by Gasteiger charge is -2.42. The number of unbranched alkanes of at least 4 members (excludes halogenated alkanes) is 11. The minimum Gasteiger partial charge on any atom is -0.462 e. The molecule has 2 heterocycles. The monoisotopic (exact) mass is 991 g/mol. The van der Waals surface area contributed by atoms with Gasteiger partial charge in [0.2, 0.25) is 0 Å². The molecule has 7 N–H and O–H groups in total. The van der Waals surface area contributed by atoms with Gasteiger partial charge in [-0.3, -0.25) is 9.59 Å². The lowest BCUT2D eigenvalue weighted by Crippen LogP contribution is -2.61. The molecule has 0 spiro atoms. The molecule has 11 atom stereocenters. The van der Waals surface area contributed by atoms with Gasteiger partial charge < -0.3 is 64.2 Å². The zero-order valence-electron chi connectivity index (χ0n) is 42.2. The lowest BCUT2D eigenvalue weighted by molar-refractivity contribution is -0.332. The number of hydrogen-bond donors (Lipinski definition) is 7. The van der Waals surface area contributed by atoms with Crippen LogP contribution < -0.4 is 0 Å². The molecular weight excluding hydrogens is 901 g/mol. The van der Waals surface area contributed by atoms with Crippen LogP contribution in [0.25, 0.3) is 0 Å². The van der Waals surface area contributed by atoms with Crippen LogP contribution in [-0.4, -0.2) is 142 Å². The molecule has 0 aromatic rings. The van der Waals surface area contributed by atoms with Crippen LogP contribution >= 0.6 is 0 Å². The van der Waals surface area contributed by atoms with E-state index in [0.29, 0.717) is 19.3 Å². The molecule has 2 saturated heterocycles. The molecule has 0 aromatic carbocycles. The first-order valence-electron chi connectivity index (χ1n) is 26.2. The summed E-state index contributed by atoms with van der Waals surface area (Å²) in [6.07, 6.45) is 33.3. The van der Waals surface area contributed by atoms with Crippen molar-refractivity contribution in [1.29, 1.82) is 0 Å². The number of carbonyl (C=O) groups is 2. The third-order valence-corrected chi connectivity index (χ3v) is 11.9. The normalized spacial score (nSPS) is 26.1. The number of carbonyl (C=O) groups excluding carboxylic acids is 2. The van der Waals surface area contributed by atoms with E-state index in [-0.39, 0.29) is 19.4 Å². The molecule has 0 radical (unpaired) electrons. The summed E-state index contributed by atoms with van der Waals surface area (Å²) in [6, 6.07) is 0. The summed E-state index contributed by atoms with van der Waals surface area (Å²) in [5, 5.41) is 72.1. The van der Waals surface area contributed by atoms with Crippen LogP contribution in [0, 0.1) is 0 Å². The average Bonchev–Trinajstić information content (AvgIpc) is 3.35. The Morgan fingerprint density at radius 3 is 1.40 bits per heavy atom. The Balaban J connectivity index is 1.85. The Morgan fingerprint density at radius 1 is 0.457 bits per heavy atom. The first-order valence-corrected chi connectivity index (χ1v) is 26.2. The average molecular weight is 991 g/mol. The van der Waals surface area contributed by atoms with Crippen molar-refractivity contribution in [1.82, 2.24) is 0 Å². The summed E-state index contributed by atoms with van der Waals surface area (Å²) >= 11 is 0. The van der Waals surface area contributed by atoms with Gasteiger partial charge in [-0.1, -0.05) is 144 Å². The van der Waals surface area contributed by atoms with Gasteiger partial charge >= 0.3 is 11.9 Å². The maximum absolute atomic E-state index is 13.0. The van der Waals surface area contributed by atoms with E-state index in [1.54, 1.807) is 0 Å². The van der Waals surface area contributed by atoms with Gasteiger partial charge in [-0.05, 0) is 83.5 Å². The molecule has 400 valence electrons. The molecule has 0 amide bonds. The van der Waals surface area contributed by atoms with Gasteiger partial charge in [-0.25, -0.2) is 0 Å². The largest absolute Gasteiger partial charge is 0.462 e. The molecule has 70 heavy (non-hydrogen) atoms. The Hall–Kier alpha value is -3.32. The minimum absolute atomic E-state index is 0.0341. The van der Waals surface area contributed by atoms with Crippen molar-refractivity contribution in [3.63, 3.8) is 0 Å². The van der Waals surface area contributed by atoms with Crippen molar-refractivity contribution in [2.45, 2.75) is 223 Å². The highest BCUT2D eigenvalue weighted by Gasteiger charge is 2.47. The molecule has 0 aliphatic carbocycles. The standard InChI is InChI=1S/C55H90O15/c1-3-5-7-9-11-13-15-17-19-20-21-22-24-26-28-30-32-34-36-38-47(58)68-43(40-65-46(57)37-35-33-31-29-27-25-23-18-16-14-12-10-8-6-4-2)41-66-54-53(64)51(62)49(60)45(70-54)42-67-55-52(63)50(61)48(59)44(39-56)69-55/h11-14,17-19,21-23,26,28,32,34,43-45,48-56,59-64H,3-10,15-16,20,24-25,27,29-31,33,35-42H2,1-2H3/b13-11+,14-12+,19-17+,22-21+,23-18+,28-26+,34-32+/t43-,44+,45+,48-,49-,50?,51?,52?,53?,54+,55+/m1/s1. The van der Waals surface area contributed by atoms with Crippen molar-refractivity contribution in [2.75, 3.05) is 26.4 Å². The zero-order chi connectivity index (χ0) is 51.0. The van der Waals surface area contributed by atoms with Crippen molar-refractivity contribution in [3.05, 3.63) is 85.1 Å². The van der Waals surface area contributed by atoms with Gasteiger partial charge in [0.1, 0.15) is 55.4 Å². The topological polar surface area (TPSA) is 231 Å². The van der Waals surface area contributed by atoms with E-state index in [1.165, 1.54) is 38.5 Å². The first-order chi connectivity index (χ1) is 34.0. The summed E-state index contributed by atoms with van der Waals surface area (Å²) in [5.41, 5.74) is 0. The molecule has 0 bridgehead atoms. The molecule has 2 aliphatic rings. The number of aliphatic hydroxyl groups excluding tert-OH is 7. The van der Waals surface area contributed by atoms with Gasteiger partial charge in [-0.15, -0.1) is 0 Å². The van der Waals surface area contributed by atoms with E-state index in [0.717, 1.165) is 70.6 Å². The lowest BCUT2D eigenvalue weighted by atomic mass is 9.98. The molecular formula is C55H90O15. The van der Waals surface area contributed by atoms with E-state index < -0.39 is 99.3 Å². The van der Waals surface area contributed by atoms with Crippen LogP contribution in [0.2, 0.25) is 0 Å². The van der Waals surface area contributed by atoms with Gasteiger partial charge in [-0.2, -0.15) is 0 Å². The molecule has 2 aliphatic heterocycles. The second-order valence-electron chi connectivity index (χ2n) is 18.0. The molecule has 15 nitrogen and oxygen atoms in total. The Kier molecular flexibility index (Phi) is 36.9. The Labute approximate surface area is 418 Å². The highest BCUT2D eigenvalue weighted by Crippen LogP contribution is 2.26. The van der Waals surface area contributed by atoms with Crippen LogP contribution in [0.4, 0.5) is 0 Å². The van der Waals surface area contributed by atoms with Crippen LogP contribution in [0.5, 0.6) is 0 Å². The number of ether oxygens (including phenoxy) is 6. The predicted octanol–water partition coefficient (Wildman–Crippen LogP) is 7.60. The quantitative estimate of drug-likeness (QED) is 0.0179. The van der Waals surface area contributed by atoms with Crippen molar-refractivity contribution >= 4 is 11.9 Å². The van der Waals surface area contributed by atoms with Crippen LogP contribution in [-0.2, 0) is 38.0 Å². The fourth-order valence-corrected chi connectivity index (χ4v) is 7.52. The maximum atomic E-state index is 13.0. The molecule has 0 aromatic heterocycles. The van der Waals surface area contributed by atoms with Crippen LogP contribution in [0.3, 0.4) is 0 Å². The summed E-state index contributed by atoms with van der Waals surface area (Å²) in [6.45, 7) is 2.42. The third-order valence-electron chi connectivity index (χ3n) is 11.9. The minimum atomic E-state index is -1.78. The number of rotatable bonds is 39. The Bertz CT molecular complexity index is 1540. The van der Waals surface area contributed by atoms with E-state index in [4.69, 9.17) is 28.4 Å². The van der Waals surface area contributed by atoms with E-state index in [2.05, 4.69) is 86.8 Å². The SMILES string of the molecule is CCCCC/C=C/C/C=C/C/C=C/C/C=C/C/C=C/CCC(=O)O[C@H](COC(=O)CCCCCCC/C=C/C/C=C/CCCCC)CO[C@H]1O[C@@H](CO[C@H]2O[C@@H](CO)[C@@H](O)C(O)C2O)[C@@H](O)C(O)C1O. The molecule has 15 heteroatoms. The van der Waals surface area contributed by atoms with E-state index in [9.17, 15) is 45.3 Å². The van der Waals surface area contributed by atoms with Gasteiger partial charge in [0.15, 0.2) is 18.7 Å². The van der Waals surface area contributed by atoms with Crippen LogP contribution in [0.1, 0.15) is 155 Å². The second-order valence-corrected chi connectivity index (χ2v) is 18.0. The predicted molar refractivity (Wildman–Crippen MR) is 270 cm³/mol. The van der Waals surface area contributed by atoms with Gasteiger partial charge in [0, 0.05) is 12.8 Å².